The minimum Gasteiger partial charge on any atom is -0.496 e. The Morgan fingerprint density at radius 1 is 1.04 bits per heavy atom. The lowest BCUT2D eigenvalue weighted by atomic mass is 10.2. The summed E-state index contributed by atoms with van der Waals surface area (Å²) in [7, 11) is -2.25. The lowest BCUT2D eigenvalue weighted by molar-refractivity contribution is 0.420. The molecule has 25 heavy (non-hydrogen) atoms. The maximum absolute atomic E-state index is 14.1. The van der Waals surface area contributed by atoms with Gasteiger partial charge >= 0.3 is 0 Å². The summed E-state index contributed by atoms with van der Waals surface area (Å²) in [4.78, 5) is -0.670. The summed E-state index contributed by atoms with van der Waals surface area (Å²) in [5.74, 6) is -0.758. The molecule has 0 spiro atoms. The van der Waals surface area contributed by atoms with Crippen molar-refractivity contribution in [3.63, 3.8) is 0 Å². The summed E-state index contributed by atoms with van der Waals surface area (Å²) in [5.41, 5.74) is 0.00169. The smallest absolute Gasteiger partial charge is 0.277 e. The van der Waals surface area contributed by atoms with E-state index in [2.05, 4.69) is 0 Å². The van der Waals surface area contributed by atoms with Crippen molar-refractivity contribution in [1.29, 1.82) is 0 Å². The topological polar surface area (TPSA) is 82.4 Å². The zero-order valence-electron chi connectivity index (χ0n) is 12.7. The number of hydrogen-bond acceptors (Lipinski definition) is 5. The number of benzene rings is 2. The lowest BCUT2D eigenvalue weighted by Gasteiger charge is -2.11. The van der Waals surface area contributed by atoms with Crippen molar-refractivity contribution in [2.24, 2.45) is 0 Å². The largest absolute Gasteiger partial charge is 0.496 e. The van der Waals surface area contributed by atoms with Crippen molar-refractivity contribution >= 4 is 40.7 Å². The fourth-order valence-corrected chi connectivity index (χ4v) is 5.58. The van der Waals surface area contributed by atoms with E-state index in [1.165, 1.54) is 37.4 Å². The molecule has 0 saturated carbocycles. The van der Waals surface area contributed by atoms with Crippen LogP contribution in [-0.4, -0.2) is 27.9 Å². The number of halogens is 2. The molecular formula is C15H11ClFNO5S2. The molecule has 10 heteroatoms. The Kier molecular flexibility index (Phi) is 4.26. The van der Waals surface area contributed by atoms with Crippen LogP contribution in [0.25, 0.3) is 10.9 Å². The van der Waals surface area contributed by atoms with Crippen LogP contribution in [0.4, 0.5) is 4.39 Å². The number of nitrogens with zero attached hydrogens (tertiary/aromatic N) is 1. The van der Waals surface area contributed by atoms with Crippen LogP contribution < -0.4 is 4.74 Å². The van der Waals surface area contributed by atoms with Gasteiger partial charge < -0.3 is 4.74 Å². The van der Waals surface area contributed by atoms with E-state index in [1.54, 1.807) is 0 Å². The van der Waals surface area contributed by atoms with Crippen LogP contribution >= 0.6 is 10.7 Å². The highest BCUT2D eigenvalue weighted by Crippen LogP contribution is 2.35. The Balaban J connectivity index is 2.49. The molecule has 0 N–H and O–H groups in total. The van der Waals surface area contributed by atoms with Crippen LogP contribution in [-0.2, 0) is 19.1 Å². The third kappa shape index (κ3) is 2.88. The Morgan fingerprint density at radius 3 is 2.32 bits per heavy atom. The van der Waals surface area contributed by atoms with Gasteiger partial charge in [-0.05, 0) is 30.3 Å². The molecule has 0 aliphatic carbocycles. The third-order valence-corrected chi connectivity index (χ3v) is 6.71. The predicted octanol–water partition coefficient (Wildman–Crippen LogP) is 2.95. The van der Waals surface area contributed by atoms with Crippen LogP contribution in [0.2, 0.25) is 0 Å². The molecule has 0 unspecified atom stereocenters. The number of methoxy groups -OCH3 is 1. The fourth-order valence-electron chi connectivity index (χ4n) is 2.50. The van der Waals surface area contributed by atoms with E-state index in [0.29, 0.717) is 3.97 Å². The minimum atomic E-state index is -4.57. The van der Waals surface area contributed by atoms with Crippen LogP contribution in [0, 0.1) is 5.82 Å². The van der Waals surface area contributed by atoms with E-state index in [0.717, 1.165) is 18.2 Å². The van der Waals surface area contributed by atoms with Crippen LogP contribution in [0.15, 0.2) is 58.5 Å². The van der Waals surface area contributed by atoms with Crippen molar-refractivity contribution in [2.75, 3.05) is 7.11 Å². The number of fused-ring (bicyclic) bond motifs is 1. The highest BCUT2D eigenvalue weighted by molar-refractivity contribution is 8.14. The molecule has 0 radical (unpaired) electrons. The first-order valence-corrected chi connectivity index (χ1v) is 10.6. The molecule has 0 atom stereocenters. The summed E-state index contributed by atoms with van der Waals surface area (Å²) in [5, 5.41) is -0.485. The molecule has 0 aliphatic heterocycles. The molecule has 6 nitrogen and oxygen atoms in total. The first kappa shape index (κ1) is 17.7. The second-order valence-corrected chi connectivity index (χ2v) is 9.28. The summed E-state index contributed by atoms with van der Waals surface area (Å²) in [6, 6.07) is 10.1. The fraction of sp³-hybridized carbons (Fsp3) is 0.0667. The average molecular weight is 404 g/mol. The first-order chi connectivity index (χ1) is 11.7. The van der Waals surface area contributed by atoms with E-state index in [4.69, 9.17) is 15.4 Å². The molecule has 0 amide bonds. The molecule has 0 fully saturated rings. The van der Waals surface area contributed by atoms with Gasteiger partial charge in [0.2, 0.25) is 0 Å². The van der Waals surface area contributed by atoms with Crippen molar-refractivity contribution in [3.05, 3.63) is 54.3 Å². The predicted molar refractivity (Wildman–Crippen MR) is 90.5 cm³/mol. The number of rotatable bonds is 4. The monoisotopic (exact) mass is 403 g/mol. The highest BCUT2D eigenvalue weighted by Gasteiger charge is 2.31. The lowest BCUT2D eigenvalue weighted by Crippen LogP contribution is -2.17. The maximum atomic E-state index is 14.1. The van der Waals surface area contributed by atoms with E-state index < -0.39 is 34.8 Å². The van der Waals surface area contributed by atoms with Crippen LogP contribution in [0.1, 0.15) is 0 Å². The van der Waals surface area contributed by atoms with Gasteiger partial charge in [0.15, 0.2) is 5.03 Å². The van der Waals surface area contributed by atoms with Crippen molar-refractivity contribution in [2.45, 2.75) is 9.92 Å². The summed E-state index contributed by atoms with van der Waals surface area (Å²) in [6.07, 6.45) is 0. The standard InChI is InChI=1S/C15H11ClFNO5S2/c1-23-13-7-4-6-12-10(13)9-15(24(16,19)20)18(12)25(21,22)14-8-3-2-5-11(14)17/h2-9H,1H3. The quantitative estimate of drug-likeness (QED) is 0.625. The van der Waals surface area contributed by atoms with Gasteiger partial charge in [0.25, 0.3) is 19.1 Å². The van der Waals surface area contributed by atoms with Gasteiger partial charge in [-0.2, -0.15) is 0 Å². The molecule has 1 aromatic heterocycles. The third-order valence-electron chi connectivity index (χ3n) is 3.55. The molecule has 1 heterocycles. The molecule has 2 aromatic carbocycles. The van der Waals surface area contributed by atoms with Crippen molar-refractivity contribution in [3.8, 4) is 5.75 Å². The van der Waals surface area contributed by atoms with E-state index in [1.807, 2.05) is 0 Å². The van der Waals surface area contributed by atoms with Crippen LogP contribution in [0.3, 0.4) is 0 Å². The van der Waals surface area contributed by atoms with E-state index >= 15 is 0 Å². The van der Waals surface area contributed by atoms with Gasteiger partial charge in [-0.3, -0.25) is 0 Å². The average Bonchev–Trinajstić information content (AvgIpc) is 2.95. The number of ether oxygens (including phenoxy) is 1. The minimum absolute atomic E-state index is 0.00169. The SMILES string of the molecule is COc1cccc2c1cc(S(=O)(=O)Cl)n2S(=O)(=O)c1ccccc1F. The summed E-state index contributed by atoms with van der Waals surface area (Å²) in [6.45, 7) is 0. The van der Waals surface area contributed by atoms with Gasteiger partial charge in [-0.25, -0.2) is 25.2 Å². The molecular weight excluding hydrogens is 393 g/mol. The highest BCUT2D eigenvalue weighted by atomic mass is 35.7. The first-order valence-electron chi connectivity index (χ1n) is 6.81. The summed E-state index contributed by atoms with van der Waals surface area (Å²) < 4.78 is 69.5. The molecule has 0 bridgehead atoms. The molecule has 132 valence electrons. The van der Waals surface area contributed by atoms with Gasteiger partial charge in [0, 0.05) is 16.1 Å². The van der Waals surface area contributed by atoms with Gasteiger partial charge in [-0.1, -0.05) is 18.2 Å². The normalized spacial score (nSPS) is 12.4. The zero-order chi connectivity index (χ0) is 18.4. The molecule has 0 aliphatic rings. The maximum Gasteiger partial charge on any atom is 0.277 e. The van der Waals surface area contributed by atoms with Gasteiger partial charge in [-0.15, -0.1) is 0 Å². The van der Waals surface area contributed by atoms with E-state index in [9.17, 15) is 21.2 Å². The van der Waals surface area contributed by atoms with Crippen molar-refractivity contribution < 1.29 is 26.0 Å². The Labute approximate surface area is 147 Å². The summed E-state index contributed by atoms with van der Waals surface area (Å²) >= 11 is 0. The molecule has 3 rings (SSSR count). The second kappa shape index (κ2) is 6.01. The molecule has 3 aromatic rings. The van der Waals surface area contributed by atoms with Gasteiger partial charge in [0.1, 0.15) is 16.5 Å². The van der Waals surface area contributed by atoms with Gasteiger partial charge in [0.05, 0.1) is 12.6 Å². The van der Waals surface area contributed by atoms with Crippen molar-refractivity contribution in [1.82, 2.24) is 3.97 Å². The Hall–Kier alpha value is -2.10. The number of hydrogen-bond donors (Lipinski definition) is 0. The Bertz CT molecular complexity index is 1190. The van der Waals surface area contributed by atoms with Crippen LogP contribution in [0.5, 0.6) is 5.75 Å². The second-order valence-electron chi connectivity index (χ2n) is 5.01. The Morgan fingerprint density at radius 2 is 1.72 bits per heavy atom. The zero-order valence-corrected chi connectivity index (χ0v) is 15.1. The number of aromatic nitrogens is 1. The van der Waals surface area contributed by atoms with E-state index in [-0.39, 0.29) is 16.7 Å². The molecule has 0 saturated heterocycles.